The van der Waals surface area contributed by atoms with Gasteiger partial charge in [0.15, 0.2) is 5.78 Å². The van der Waals surface area contributed by atoms with Crippen molar-refractivity contribution in [2.75, 3.05) is 7.11 Å². The van der Waals surface area contributed by atoms with E-state index in [2.05, 4.69) is 0 Å². The van der Waals surface area contributed by atoms with Crippen LogP contribution in [-0.4, -0.2) is 17.5 Å². The van der Waals surface area contributed by atoms with Crippen molar-refractivity contribution in [3.63, 3.8) is 0 Å². The Bertz CT molecular complexity index is 575. The minimum atomic E-state index is 0.0426. The number of ketones is 1. The smallest absolute Gasteiger partial charge is 0.176 e. The zero-order chi connectivity index (χ0) is 13.1. The molecule has 1 aromatic heterocycles. The second-order valence-corrected chi connectivity index (χ2v) is 4.47. The molecule has 18 heavy (non-hydrogen) atoms. The summed E-state index contributed by atoms with van der Waals surface area (Å²) < 4.78 is 7.18. The molecule has 2 rings (SSSR count). The first-order valence-corrected chi connectivity index (χ1v) is 5.98. The normalized spacial score (nSPS) is 10.4. The van der Waals surface area contributed by atoms with Gasteiger partial charge < -0.3 is 9.30 Å². The maximum atomic E-state index is 11.5. The number of aromatic nitrogens is 1. The van der Waals surface area contributed by atoms with E-state index in [0.29, 0.717) is 17.3 Å². The summed E-state index contributed by atoms with van der Waals surface area (Å²) in [5, 5.41) is 0.655. The van der Waals surface area contributed by atoms with Crippen LogP contribution in [0.2, 0.25) is 5.02 Å². The van der Waals surface area contributed by atoms with E-state index in [-0.39, 0.29) is 5.78 Å². The molecule has 0 aliphatic rings. The highest BCUT2D eigenvalue weighted by Gasteiger charge is 2.09. The van der Waals surface area contributed by atoms with Gasteiger partial charge in [0.1, 0.15) is 5.75 Å². The van der Waals surface area contributed by atoms with Crippen LogP contribution in [0.5, 0.6) is 5.75 Å². The van der Waals surface area contributed by atoms with E-state index in [9.17, 15) is 4.79 Å². The fraction of sp³-hybridized carbons (Fsp3) is 0.214. The average Bonchev–Trinajstić information content (AvgIpc) is 2.77. The van der Waals surface area contributed by atoms with Crippen LogP contribution >= 0.6 is 11.6 Å². The SMILES string of the molecule is COc1ccc(Cl)cc1Cn1cccc1C(C)=O. The van der Waals surface area contributed by atoms with Crippen LogP contribution in [0.15, 0.2) is 36.5 Å². The number of benzene rings is 1. The highest BCUT2D eigenvalue weighted by molar-refractivity contribution is 6.30. The first kappa shape index (κ1) is 12.7. The molecule has 0 aliphatic carbocycles. The highest BCUT2D eigenvalue weighted by Crippen LogP contribution is 2.24. The van der Waals surface area contributed by atoms with E-state index in [1.165, 1.54) is 0 Å². The second kappa shape index (κ2) is 5.27. The lowest BCUT2D eigenvalue weighted by atomic mass is 10.2. The van der Waals surface area contributed by atoms with Crippen LogP contribution in [0.25, 0.3) is 0 Å². The Morgan fingerprint density at radius 1 is 1.39 bits per heavy atom. The zero-order valence-electron chi connectivity index (χ0n) is 10.3. The number of carbonyl (C=O) groups is 1. The van der Waals surface area contributed by atoms with Gasteiger partial charge in [-0.05, 0) is 30.3 Å². The van der Waals surface area contributed by atoms with E-state index in [4.69, 9.17) is 16.3 Å². The summed E-state index contributed by atoms with van der Waals surface area (Å²) in [6, 6.07) is 9.12. The number of halogens is 1. The summed E-state index contributed by atoms with van der Waals surface area (Å²) in [7, 11) is 1.62. The Kier molecular flexibility index (Phi) is 3.72. The largest absolute Gasteiger partial charge is 0.496 e. The maximum absolute atomic E-state index is 11.5. The maximum Gasteiger partial charge on any atom is 0.176 e. The number of Topliss-reactive ketones (excluding diaryl/α,β-unsaturated/α-hetero) is 1. The Morgan fingerprint density at radius 2 is 2.17 bits per heavy atom. The van der Waals surface area contributed by atoms with Crippen molar-refractivity contribution < 1.29 is 9.53 Å². The van der Waals surface area contributed by atoms with Crippen molar-refractivity contribution in [1.82, 2.24) is 4.57 Å². The standard InChI is InChI=1S/C14H14ClNO2/c1-10(17)13-4-3-7-16(13)9-11-8-12(15)5-6-14(11)18-2/h3-8H,9H2,1-2H3. The van der Waals surface area contributed by atoms with E-state index in [0.717, 1.165) is 11.3 Å². The number of carbonyl (C=O) groups excluding carboxylic acids is 1. The molecule has 0 unspecified atom stereocenters. The second-order valence-electron chi connectivity index (χ2n) is 4.03. The first-order chi connectivity index (χ1) is 8.61. The van der Waals surface area contributed by atoms with Crippen molar-refractivity contribution in [2.45, 2.75) is 13.5 Å². The third kappa shape index (κ3) is 2.57. The Hall–Kier alpha value is -1.74. The number of methoxy groups -OCH3 is 1. The molecule has 0 radical (unpaired) electrons. The van der Waals surface area contributed by atoms with Gasteiger partial charge in [0.25, 0.3) is 0 Å². The van der Waals surface area contributed by atoms with Gasteiger partial charge in [0.2, 0.25) is 0 Å². The van der Waals surface area contributed by atoms with Gasteiger partial charge in [-0.25, -0.2) is 0 Å². The molecular weight excluding hydrogens is 250 g/mol. The molecule has 0 saturated carbocycles. The molecule has 0 fully saturated rings. The van der Waals surface area contributed by atoms with Gasteiger partial charge in [0, 0.05) is 23.7 Å². The summed E-state index contributed by atoms with van der Waals surface area (Å²) >= 11 is 5.98. The summed E-state index contributed by atoms with van der Waals surface area (Å²) in [5.74, 6) is 0.809. The van der Waals surface area contributed by atoms with Crippen LogP contribution in [0.1, 0.15) is 23.0 Å². The minimum absolute atomic E-state index is 0.0426. The van der Waals surface area contributed by atoms with Gasteiger partial charge in [-0.3, -0.25) is 4.79 Å². The number of hydrogen-bond acceptors (Lipinski definition) is 2. The van der Waals surface area contributed by atoms with Crippen molar-refractivity contribution >= 4 is 17.4 Å². The summed E-state index contributed by atoms with van der Waals surface area (Å²) in [6.45, 7) is 2.12. The Labute approximate surface area is 111 Å². The summed E-state index contributed by atoms with van der Waals surface area (Å²) in [5.41, 5.74) is 1.63. The van der Waals surface area contributed by atoms with Crippen LogP contribution in [0.4, 0.5) is 0 Å². The molecule has 4 heteroatoms. The number of ether oxygens (including phenoxy) is 1. The minimum Gasteiger partial charge on any atom is -0.496 e. The van der Waals surface area contributed by atoms with Gasteiger partial charge >= 0.3 is 0 Å². The Balaban J connectivity index is 2.36. The van der Waals surface area contributed by atoms with Crippen LogP contribution in [0, 0.1) is 0 Å². The van der Waals surface area contributed by atoms with Crippen molar-refractivity contribution in [3.8, 4) is 5.75 Å². The topological polar surface area (TPSA) is 31.2 Å². The van der Waals surface area contributed by atoms with Gasteiger partial charge in [-0.15, -0.1) is 0 Å². The molecule has 0 saturated heterocycles. The predicted molar refractivity (Wildman–Crippen MR) is 71.5 cm³/mol. The average molecular weight is 264 g/mol. The van der Waals surface area contributed by atoms with E-state index in [1.807, 2.05) is 29.0 Å². The van der Waals surface area contributed by atoms with E-state index in [1.54, 1.807) is 26.2 Å². The fourth-order valence-corrected chi connectivity index (χ4v) is 2.12. The monoisotopic (exact) mass is 263 g/mol. The van der Waals surface area contributed by atoms with Crippen LogP contribution in [0.3, 0.4) is 0 Å². The quantitative estimate of drug-likeness (QED) is 0.792. The van der Waals surface area contributed by atoms with Crippen molar-refractivity contribution in [1.29, 1.82) is 0 Å². The molecule has 0 bridgehead atoms. The third-order valence-corrected chi connectivity index (χ3v) is 3.01. The molecule has 0 N–H and O–H groups in total. The molecule has 2 aromatic rings. The number of rotatable bonds is 4. The van der Waals surface area contributed by atoms with Gasteiger partial charge in [-0.2, -0.15) is 0 Å². The highest BCUT2D eigenvalue weighted by atomic mass is 35.5. The molecular formula is C14H14ClNO2. The van der Waals surface area contributed by atoms with Crippen LogP contribution < -0.4 is 4.74 Å². The Morgan fingerprint density at radius 3 is 2.83 bits per heavy atom. The first-order valence-electron chi connectivity index (χ1n) is 5.60. The number of nitrogens with zero attached hydrogens (tertiary/aromatic N) is 1. The molecule has 0 atom stereocenters. The molecule has 1 aromatic carbocycles. The van der Waals surface area contributed by atoms with Crippen LogP contribution in [-0.2, 0) is 6.54 Å². The molecule has 0 aliphatic heterocycles. The lowest BCUT2D eigenvalue weighted by Gasteiger charge is -2.11. The zero-order valence-corrected chi connectivity index (χ0v) is 11.1. The third-order valence-electron chi connectivity index (χ3n) is 2.77. The lowest BCUT2D eigenvalue weighted by molar-refractivity contribution is 0.100. The molecule has 94 valence electrons. The van der Waals surface area contributed by atoms with Crippen molar-refractivity contribution in [3.05, 3.63) is 52.8 Å². The van der Waals surface area contributed by atoms with Crippen molar-refractivity contribution in [2.24, 2.45) is 0 Å². The molecule has 0 spiro atoms. The summed E-state index contributed by atoms with van der Waals surface area (Å²) in [4.78, 5) is 11.5. The van der Waals surface area contributed by atoms with E-state index >= 15 is 0 Å². The summed E-state index contributed by atoms with van der Waals surface area (Å²) in [6.07, 6.45) is 1.87. The van der Waals surface area contributed by atoms with E-state index < -0.39 is 0 Å². The number of hydrogen-bond donors (Lipinski definition) is 0. The molecule has 1 heterocycles. The molecule has 3 nitrogen and oxygen atoms in total. The lowest BCUT2D eigenvalue weighted by Crippen LogP contribution is -2.07. The van der Waals surface area contributed by atoms with Gasteiger partial charge in [-0.1, -0.05) is 11.6 Å². The molecule has 0 amide bonds. The fourth-order valence-electron chi connectivity index (χ4n) is 1.93. The predicted octanol–water partition coefficient (Wildman–Crippen LogP) is 3.40. The van der Waals surface area contributed by atoms with Gasteiger partial charge in [0.05, 0.1) is 19.3 Å².